The molecule has 8 nitrogen and oxygen atoms in total. The van der Waals surface area contributed by atoms with Crippen LogP contribution in [0.1, 0.15) is 45.0 Å². The summed E-state index contributed by atoms with van der Waals surface area (Å²) in [5.41, 5.74) is 1.18. The first kappa shape index (κ1) is 23.7. The average Bonchev–Trinajstić information content (AvgIpc) is 3.50. The Labute approximate surface area is 209 Å². The van der Waals surface area contributed by atoms with Crippen LogP contribution < -0.4 is 9.64 Å². The summed E-state index contributed by atoms with van der Waals surface area (Å²) in [6.45, 7) is 3.48. The molecule has 1 aromatic heterocycles. The van der Waals surface area contributed by atoms with Gasteiger partial charge < -0.3 is 14.6 Å². The number of hydrogen-bond acceptors (Lipinski definition) is 8. The lowest BCUT2D eigenvalue weighted by Gasteiger charge is -2.23. The second-order valence-electron chi connectivity index (χ2n) is 8.55. The molecule has 2 atom stereocenters. The highest BCUT2D eigenvalue weighted by molar-refractivity contribution is 7.17. The van der Waals surface area contributed by atoms with E-state index in [1.54, 1.807) is 31.2 Å². The molecule has 0 saturated carbocycles. The van der Waals surface area contributed by atoms with Crippen molar-refractivity contribution in [2.24, 2.45) is 0 Å². The number of halogens is 1. The van der Waals surface area contributed by atoms with Gasteiger partial charge in [0, 0.05) is 17.5 Å². The molecule has 0 bridgehead atoms. The number of Topliss-reactive ketones (excluding diaryl/α,β-unsaturated/α-hetero) is 1. The fraction of sp³-hybridized carbons (Fsp3) is 0.231. The van der Waals surface area contributed by atoms with E-state index in [0.29, 0.717) is 23.4 Å². The number of carbonyl (C=O) groups excluding carboxylic acids is 3. The van der Waals surface area contributed by atoms with Crippen LogP contribution in [-0.2, 0) is 20.7 Å². The van der Waals surface area contributed by atoms with Crippen LogP contribution in [0.2, 0.25) is 0 Å². The van der Waals surface area contributed by atoms with E-state index in [4.69, 9.17) is 9.47 Å². The summed E-state index contributed by atoms with van der Waals surface area (Å²) in [5, 5.41) is 11.3. The Morgan fingerprint density at radius 1 is 1.25 bits per heavy atom. The summed E-state index contributed by atoms with van der Waals surface area (Å²) in [6.07, 6.45) is 0.592. The number of amides is 1. The van der Waals surface area contributed by atoms with Gasteiger partial charge in [-0.05, 0) is 43.7 Å². The number of thiazole rings is 1. The third kappa shape index (κ3) is 3.74. The van der Waals surface area contributed by atoms with E-state index in [0.717, 1.165) is 21.8 Å². The van der Waals surface area contributed by atoms with Crippen molar-refractivity contribution >= 4 is 39.9 Å². The number of aliphatic hydroxyl groups excluding tert-OH is 1. The van der Waals surface area contributed by atoms with Gasteiger partial charge in [-0.2, -0.15) is 0 Å². The molecule has 10 heteroatoms. The quantitative estimate of drug-likeness (QED) is 0.242. The minimum absolute atomic E-state index is 0.00355. The lowest BCUT2D eigenvalue weighted by Crippen LogP contribution is -2.29. The van der Waals surface area contributed by atoms with Gasteiger partial charge in [0.05, 0.1) is 18.4 Å². The Kier molecular flexibility index (Phi) is 5.83. The van der Waals surface area contributed by atoms with Gasteiger partial charge in [-0.15, -0.1) is 0 Å². The molecule has 3 heterocycles. The van der Waals surface area contributed by atoms with Gasteiger partial charge in [0.1, 0.15) is 34.3 Å². The molecule has 1 fully saturated rings. The van der Waals surface area contributed by atoms with Crippen molar-refractivity contribution in [3.8, 4) is 5.75 Å². The summed E-state index contributed by atoms with van der Waals surface area (Å²) in [4.78, 5) is 44.2. The highest BCUT2D eigenvalue weighted by Gasteiger charge is 2.49. The average molecular weight is 509 g/mol. The largest absolute Gasteiger partial charge is 0.507 e. The van der Waals surface area contributed by atoms with Crippen LogP contribution in [0.4, 0.5) is 9.52 Å². The number of carbonyl (C=O) groups is 3. The summed E-state index contributed by atoms with van der Waals surface area (Å²) < 4.78 is 25.5. The first-order valence-corrected chi connectivity index (χ1v) is 11.9. The highest BCUT2D eigenvalue weighted by atomic mass is 32.1. The molecule has 3 aromatic rings. The number of aromatic nitrogens is 1. The smallest absolute Gasteiger partial charge is 0.350 e. The van der Waals surface area contributed by atoms with Gasteiger partial charge in [-0.3, -0.25) is 14.5 Å². The summed E-state index contributed by atoms with van der Waals surface area (Å²) >= 11 is 0.850. The SMILES string of the molecule is COC(=O)c1sc(N2C(=O)C(=O)C(=C(O)c3ccc4c(c3)CC(C)O4)C2c2ccccc2F)nc1C. The number of esters is 1. The molecule has 2 aromatic carbocycles. The number of ether oxygens (including phenoxy) is 2. The van der Waals surface area contributed by atoms with E-state index in [-0.39, 0.29) is 27.2 Å². The molecule has 2 aliphatic rings. The number of nitrogens with zero attached hydrogens (tertiary/aromatic N) is 2. The molecular weight excluding hydrogens is 487 g/mol. The Bertz CT molecular complexity index is 1460. The number of rotatable bonds is 4. The minimum atomic E-state index is -1.30. The number of benzene rings is 2. The number of fused-ring (bicyclic) bond motifs is 1. The van der Waals surface area contributed by atoms with Crippen LogP contribution in [0.5, 0.6) is 5.75 Å². The standard InChI is InChI=1S/C26H21FN2O6S/c1-12-10-15-11-14(8-9-18(15)35-12)21(30)19-20(16-6-4-5-7-17(16)27)29(24(32)22(19)31)26-28-13(2)23(36-26)25(33)34-3/h4-9,11-12,20,30H,10H2,1-3H3. The van der Waals surface area contributed by atoms with E-state index in [9.17, 15) is 19.5 Å². The highest BCUT2D eigenvalue weighted by Crippen LogP contribution is 2.45. The maximum absolute atomic E-state index is 15.1. The Morgan fingerprint density at radius 2 is 2.00 bits per heavy atom. The fourth-order valence-electron chi connectivity index (χ4n) is 4.51. The zero-order valence-electron chi connectivity index (χ0n) is 19.6. The van der Waals surface area contributed by atoms with Crippen LogP contribution >= 0.6 is 11.3 Å². The van der Waals surface area contributed by atoms with E-state index < -0.39 is 35.3 Å². The molecule has 184 valence electrons. The fourth-order valence-corrected chi connectivity index (χ4v) is 5.52. The maximum atomic E-state index is 15.1. The third-order valence-corrected chi connectivity index (χ3v) is 7.31. The molecule has 1 saturated heterocycles. The Morgan fingerprint density at radius 3 is 2.72 bits per heavy atom. The topological polar surface area (TPSA) is 106 Å². The number of ketones is 1. The predicted molar refractivity (Wildman–Crippen MR) is 130 cm³/mol. The first-order valence-electron chi connectivity index (χ1n) is 11.1. The van der Waals surface area contributed by atoms with Crippen LogP contribution in [-0.4, -0.2) is 41.0 Å². The molecule has 1 N–H and O–H groups in total. The molecule has 1 amide bonds. The van der Waals surface area contributed by atoms with Crippen molar-refractivity contribution in [2.45, 2.75) is 32.4 Å². The number of aliphatic hydroxyl groups is 1. The summed E-state index contributed by atoms with van der Waals surface area (Å²) in [5.74, 6) is -3.05. The van der Waals surface area contributed by atoms with Crippen LogP contribution in [0.15, 0.2) is 48.0 Å². The Hall–Kier alpha value is -4.05. The third-order valence-electron chi connectivity index (χ3n) is 6.18. The zero-order valence-corrected chi connectivity index (χ0v) is 20.4. The van der Waals surface area contributed by atoms with Crippen LogP contribution in [0.3, 0.4) is 0 Å². The lowest BCUT2D eigenvalue weighted by molar-refractivity contribution is -0.132. The summed E-state index contributed by atoms with van der Waals surface area (Å²) in [7, 11) is 1.22. The molecule has 36 heavy (non-hydrogen) atoms. The van der Waals surface area contributed by atoms with Crippen LogP contribution in [0, 0.1) is 12.7 Å². The summed E-state index contributed by atoms with van der Waals surface area (Å²) in [6, 6.07) is 9.36. The molecule has 0 spiro atoms. The molecule has 0 radical (unpaired) electrons. The first-order chi connectivity index (χ1) is 17.2. The molecule has 2 unspecified atom stereocenters. The molecule has 5 rings (SSSR count). The second-order valence-corrected chi connectivity index (χ2v) is 9.53. The normalized spacial score (nSPS) is 20.4. The number of hydrogen-bond donors (Lipinski definition) is 1. The number of methoxy groups -OCH3 is 1. The van der Waals surface area contributed by atoms with Gasteiger partial charge in [-0.1, -0.05) is 29.5 Å². The van der Waals surface area contributed by atoms with Gasteiger partial charge in [-0.25, -0.2) is 14.2 Å². The van der Waals surface area contributed by atoms with Crippen molar-refractivity contribution < 1.29 is 33.4 Å². The van der Waals surface area contributed by atoms with Crippen molar-refractivity contribution in [1.29, 1.82) is 0 Å². The van der Waals surface area contributed by atoms with Crippen molar-refractivity contribution in [2.75, 3.05) is 12.0 Å². The van der Waals surface area contributed by atoms with Gasteiger partial charge in [0.15, 0.2) is 5.13 Å². The molecule has 0 aliphatic carbocycles. The van der Waals surface area contributed by atoms with E-state index in [1.165, 1.54) is 25.3 Å². The lowest BCUT2D eigenvalue weighted by atomic mass is 9.94. The number of aryl methyl sites for hydroxylation is 1. The molecular formula is C26H21FN2O6S. The minimum Gasteiger partial charge on any atom is -0.507 e. The van der Waals surface area contributed by atoms with E-state index in [2.05, 4.69) is 4.98 Å². The van der Waals surface area contributed by atoms with Crippen molar-refractivity contribution in [3.63, 3.8) is 0 Å². The van der Waals surface area contributed by atoms with Gasteiger partial charge in [0.2, 0.25) is 0 Å². The van der Waals surface area contributed by atoms with Crippen molar-refractivity contribution in [3.05, 3.63) is 81.1 Å². The Balaban J connectivity index is 1.70. The second kappa shape index (κ2) is 8.87. The monoisotopic (exact) mass is 508 g/mol. The predicted octanol–water partition coefficient (Wildman–Crippen LogP) is 4.33. The maximum Gasteiger partial charge on any atom is 0.350 e. The molecule has 2 aliphatic heterocycles. The van der Waals surface area contributed by atoms with Crippen LogP contribution in [0.25, 0.3) is 5.76 Å². The van der Waals surface area contributed by atoms with Gasteiger partial charge in [0.25, 0.3) is 5.78 Å². The van der Waals surface area contributed by atoms with E-state index >= 15 is 4.39 Å². The van der Waals surface area contributed by atoms with Crippen molar-refractivity contribution in [1.82, 2.24) is 4.98 Å². The van der Waals surface area contributed by atoms with E-state index in [1.807, 2.05) is 6.92 Å². The zero-order chi connectivity index (χ0) is 25.7. The van der Waals surface area contributed by atoms with Gasteiger partial charge >= 0.3 is 11.9 Å². The number of anilines is 1.